The molecule has 1 saturated heterocycles. The van der Waals surface area contributed by atoms with E-state index < -0.39 is 28.4 Å². The number of piperidine rings is 1. The Balaban J connectivity index is 1.63. The number of hydrogen-bond acceptors (Lipinski definition) is 7. The van der Waals surface area contributed by atoms with Gasteiger partial charge in [-0.2, -0.15) is 4.31 Å². The molecule has 0 saturated carbocycles. The van der Waals surface area contributed by atoms with Crippen molar-refractivity contribution in [1.29, 1.82) is 0 Å². The maximum Gasteiger partial charge on any atom is 0.338 e. The second-order valence-electron chi connectivity index (χ2n) is 7.68. The van der Waals surface area contributed by atoms with Gasteiger partial charge < -0.3 is 14.2 Å². The van der Waals surface area contributed by atoms with Crippen molar-refractivity contribution in [2.75, 3.05) is 33.9 Å². The maximum atomic E-state index is 12.8. The molecule has 0 N–H and O–H groups in total. The predicted molar refractivity (Wildman–Crippen MR) is 118 cm³/mol. The lowest BCUT2D eigenvalue weighted by atomic mass is 10.0. The van der Waals surface area contributed by atoms with Gasteiger partial charge in [0, 0.05) is 19.2 Å². The van der Waals surface area contributed by atoms with Crippen LogP contribution in [0.4, 0.5) is 0 Å². The standard InChI is InChI=1S/C23H27NO7S/c1-16-10-12-24(13-11-16)32(27,28)19-7-4-17(5-8-19)23(26)31-15-21(25)20-9-6-18(29-2)14-22(20)30-3/h4-9,14,16H,10-13,15H2,1-3H3. The molecule has 2 aromatic carbocycles. The van der Waals surface area contributed by atoms with E-state index in [9.17, 15) is 18.0 Å². The maximum absolute atomic E-state index is 12.8. The molecule has 0 spiro atoms. The molecule has 172 valence electrons. The Morgan fingerprint density at radius 1 is 1.00 bits per heavy atom. The van der Waals surface area contributed by atoms with E-state index >= 15 is 0 Å². The summed E-state index contributed by atoms with van der Waals surface area (Å²) in [6.07, 6.45) is 1.66. The molecule has 32 heavy (non-hydrogen) atoms. The van der Waals surface area contributed by atoms with Crippen molar-refractivity contribution < 1.29 is 32.2 Å². The molecule has 1 aliphatic rings. The van der Waals surface area contributed by atoms with Crippen LogP contribution in [-0.4, -0.2) is 58.4 Å². The first-order valence-corrected chi connectivity index (χ1v) is 11.7. The minimum Gasteiger partial charge on any atom is -0.497 e. The molecule has 1 fully saturated rings. The van der Waals surface area contributed by atoms with Crippen LogP contribution in [0.1, 0.15) is 40.5 Å². The lowest BCUT2D eigenvalue weighted by Crippen LogP contribution is -2.37. The van der Waals surface area contributed by atoms with E-state index in [1.165, 1.54) is 48.9 Å². The van der Waals surface area contributed by atoms with Gasteiger partial charge in [0.05, 0.1) is 30.2 Å². The van der Waals surface area contributed by atoms with Crippen molar-refractivity contribution in [1.82, 2.24) is 4.31 Å². The van der Waals surface area contributed by atoms with Gasteiger partial charge in [-0.3, -0.25) is 4.79 Å². The van der Waals surface area contributed by atoms with Gasteiger partial charge in [-0.15, -0.1) is 0 Å². The zero-order chi connectivity index (χ0) is 23.3. The van der Waals surface area contributed by atoms with Gasteiger partial charge >= 0.3 is 5.97 Å². The number of carbonyl (C=O) groups is 2. The van der Waals surface area contributed by atoms with Crippen molar-refractivity contribution in [2.45, 2.75) is 24.7 Å². The Morgan fingerprint density at radius 3 is 2.25 bits per heavy atom. The number of methoxy groups -OCH3 is 2. The molecule has 8 nitrogen and oxygen atoms in total. The molecule has 3 rings (SSSR count). The third kappa shape index (κ3) is 5.28. The van der Waals surface area contributed by atoms with Crippen LogP contribution in [0.5, 0.6) is 11.5 Å². The summed E-state index contributed by atoms with van der Waals surface area (Å²) in [5, 5.41) is 0. The SMILES string of the molecule is COc1ccc(C(=O)COC(=O)c2ccc(S(=O)(=O)N3CCC(C)CC3)cc2)c(OC)c1. The first-order valence-electron chi connectivity index (χ1n) is 10.3. The number of ketones is 1. The lowest BCUT2D eigenvalue weighted by Gasteiger charge is -2.29. The molecule has 1 aliphatic heterocycles. The Hall–Kier alpha value is -2.91. The second kappa shape index (κ2) is 10.1. The highest BCUT2D eigenvalue weighted by Crippen LogP contribution is 2.26. The topological polar surface area (TPSA) is 99.2 Å². The Morgan fingerprint density at radius 2 is 1.66 bits per heavy atom. The Kier molecular flexibility index (Phi) is 7.52. The van der Waals surface area contributed by atoms with Gasteiger partial charge in [0.1, 0.15) is 11.5 Å². The summed E-state index contributed by atoms with van der Waals surface area (Å²) in [7, 11) is -0.670. The van der Waals surface area contributed by atoms with Gasteiger partial charge in [-0.25, -0.2) is 13.2 Å². The van der Waals surface area contributed by atoms with Crippen LogP contribution in [0.3, 0.4) is 0 Å². The van der Waals surface area contributed by atoms with E-state index in [0.29, 0.717) is 30.5 Å². The summed E-state index contributed by atoms with van der Waals surface area (Å²) in [5.41, 5.74) is 0.420. The zero-order valence-electron chi connectivity index (χ0n) is 18.4. The largest absolute Gasteiger partial charge is 0.497 e. The molecule has 0 amide bonds. The Labute approximate surface area is 188 Å². The average Bonchev–Trinajstić information content (AvgIpc) is 2.82. The molecule has 0 bridgehead atoms. The molecule has 0 unspecified atom stereocenters. The predicted octanol–water partition coefficient (Wildman–Crippen LogP) is 3.16. The summed E-state index contributed by atoms with van der Waals surface area (Å²) < 4.78 is 42.5. The molecular weight excluding hydrogens is 434 g/mol. The van der Waals surface area contributed by atoms with Crippen LogP contribution in [-0.2, 0) is 14.8 Å². The van der Waals surface area contributed by atoms with Crippen molar-refractivity contribution >= 4 is 21.8 Å². The number of sulfonamides is 1. The minimum atomic E-state index is -3.60. The van der Waals surface area contributed by atoms with E-state index in [-0.39, 0.29) is 16.0 Å². The molecule has 0 aromatic heterocycles. The number of ether oxygens (including phenoxy) is 3. The van der Waals surface area contributed by atoms with Gasteiger partial charge in [0.2, 0.25) is 15.8 Å². The molecule has 1 heterocycles. The monoisotopic (exact) mass is 461 g/mol. The van der Waals surface area contributed by atoms with Crippen LogP contribution in [0, 0.1) is 5.92 Å². The fourth-order valence-corrected chi connectivity index (χ4v) is 4.93. The third-order valence-electron chi connectivity index (χ3n) is 5.51. The van der Waals surface area contributed by atoms with Crippen LogP contribution in [0.2, 0.25) is 0 Å². The Bertz CT molecular complexity index is 1070. The smallest absolute Gasteiger partial charge is 0.338 e. The van der Waals surface area contributed by atoms with Gasteiger partial charge in [0.25, 0.3) is 0 Å². The third-order valence-corrected chi connectivity index (χ3v) is 7.43. The highest BCUT2D eigenvalue weighted by Gasteiger charge is 2.28. The number of Topliss-reactive ketones (excluding diaryl/α,β-unsaturated/α-hetero) is 1. The number of esters is 1. The molecular formula is C23H27NO7S. The second-order valence-corrected chi connectivity index (χ2v) is 9.61. The van der Waals surface area contributed by atoms with E-state index in [4.69, 9.17) is 14.2 Å². The molecule has 0 radical (unpaired) electrons. The number of hydrogen-bond donors (Lipinski definition) is 0. The fourth-order valence-electron chi connectivity index (χ4n) is 3.46. The number of carbonyl (C=O) groups excluding carboxylic acids is 2. The summed E-state index contributed by atoms with van der Waals surface area (Å²) in [6, 6.07) is 10.3. The summed E-state index contributed by atoms with van der Waals surface area (Å²) >= 11 is 0. The summed E-state index contributed by atoms with van der Waals surface area (Å²) in [6.45, 7) is 2.61. The fraction of sp³-hybridized carbons (Fsp3) is 0.391. The summed E-state index contributed by atoms with van der Waals surface area (Å²) in [4.78, 5) is 24.9. The summed E-state index contributed by atoms with van der Waals surface area (Å²) in [5.74, 6) is 0.203. The molecule has 9 heteroatoms. The van der Waals surface area contributed by atoms with E-state index in [2.05, 4.69) is 6.92 Å². The average molecular weight is 462 g/mol. The first kappa shape index (κ1) is 23.7. The molecule has 0 aliphatic carbocycles. The zero-order valence-corrected chi connectivity index (χ0v) is 19.2. The van der Waals surface area contributed by atoms with Crippen molar-refractivity contribution in [3.8, 4) is 11.5 Å². The number of rotatable bonds is 8. The van der Waals surface area contributed by atoms with Crippen molar-refractivity contribution in [3.05, 3.63) is 53.6 Å². The van der Waals surface area contributed by atoms with E-state index in [0.717, 1.165) is 12.8 Å². The first-order chi connectivity index (χ1) is 15.3. The van der Waals surface area contributed by atoms with Gasteiger partial charge in [0.15, 0.2) is 6.61 Å². The van der Waals surface area contributed by atoms with Crippen molar-refractivity contribution in [2.24, 2.45) is 5.92 Å². The van der Waals surface area contributed by atoms with Gasteiger partial charge in [-0.05, 0) is 55.2 Å². The number of nitrogens with zero attached hydrogens (tertiary/aromatic N) is 1. The van der Waals surface area contributed by atoms with Crippen LogP contribution < -0.4 is 9.47 Å². The van der Waals surface area contributed by atoms with E-state index in [1.807, 2.05) is 0 Å². The molecule has 0 atom stereocenters. The van der Waals surface area contributed by atoms with Crippen LogP contribution >= 0.6 is 0 Å². The van der Waals surface area contributed by atoms with Crippen LogP contribution in [0.25, 0.3) is 0 Å². The normalized spacial score (nSPS) is 15.2. The lowest BCUT2D eigenvalue weighted by molar-refractivity contribution is 0.0474. The van der Waals surface area contributed by atoms with E-state index in [1.54, 1.807) is 12.1 Å². The van der Waals surface area contributed by atoms with Crippen molar-refractivity contribution in [3.63, 3.8) is 0 Å². The number of benzene rings is 2. The highest BCUT2D eigenvalue weighted by atomic mass is 32.2. The quantitative estimate of drug-likeness (QED) is 0.440. The van der Waals surface area contributed by atoms with Crippen LogP contribution in [0.15, 0.2) is 47.4 Å². The van der Waals surface area contributed by atoms with Gasteiger partial charge in [-0.1, -0.05) is 6.92 Å². The molecule has 2 aromatic rings. The minimum absolute atomic E-state index is 0.127. The highest BCUT2D eigenvalue weighted by molar-refractivity contribution is 7.89.